The second-order valence-corrected chi connectivity index (χ2v) is 5.54. The van der Waals surface area contributed by atoms with Crippen LogP contribution in [0.25, 0.3) is 0 Å². The van der Waals surface area contributed by atoms with Crippen LogP contribution in [0.4, 0.5) is 5.69 Å². The van der Waals surface area contributed by atoms with E-state index >= 15 is 0 Å². The zero-order chi connectivity index (χ0) is 14.9. The molecule has 2 heterocycles. The van der Waals surface area contributed by atoms with Crippen molar-refractivity contribution >= 4 is 22.9 Å². The van der Waals surface area contributed by atoms with E-state index in [2.05, 4.69) is 10.3 Å². The predicted octanol–water partition coefficient (Wildman–Crippen LogP) is 1.89. The van der Waals surface area contributed by atoms with Gasteiger partial charge in [-0.25, -0.2) is 0 Å². The minimum absolute atomic E-state index is 0.0947. The summed E-state index contributed by atoms with van der Waals surface area (Å²) >= 11 is 1.15. The van der Waals surface area contributed by atoms with Crippen molar-refractivity contribution in [3.63, 3.8) is 0 Å². The number of rotatable bonds is 4. The number of nitro groups is 1. The van der Waals surface area contributed by atoms with E-state index in [9.17, 15) is 15.2 Å². The molecular weight excluding hydrogens is 290 g/mol. The summed E-state index contributed by atoms with van der Waals surface area (Å²) in [6.45, 7) is 1.16. The highest BCUT2D eigenvalue weighted by Crippen LogP contribution is 2.40. The molecule has 0 saturated carbocycles. The van der Waals surface area contributed by atoms with E-state index in [4.69, 9.17) is 0 Å². The fourth-order valence-electron chi connectivity index (χ4n) is 2.41. The Kier molecular flexibility index (Phi) is 3.44. The Morgan fingerprint density at radius 2 is 2.10 bits per heavy atom. The summed E-state index contributed by atoms with van der Waals surface area (Å²) in [5, 5.41) is 27.1. The zero-order valence-corrected chi connectivity index (χ0v) is 11.8. The van der Waals surface area contributed by atoms with Crippen LogP contribution in [0.1, 0.15) is 10.4 Å². The van der Waals surface area contributed by atoms with E-state index in [1.54, 1.807) is 29.6 Å². The minimum Gasteiger partial charge on any atom is -0.372 e. The molecule has 1 aromatic carbocycles. The van der Waals surface area contributed by atoms with Crippen LogP contribution in [0.2, 0.25) is 0 Å². The van der Waals surface area contributed by atoms with Gasteiger partial charge in [-0.2, -0.15) is 0 Å². The van der Waals surface area contributed by atoms with Gasteiger partial charge in [-0.3, -0.25) is 15.1 Å². The smallest absolute Gasteiger partial charge is 0.287 e. The Morgan fingerprint density at radius 1 is 1.33 bits per heavy atom. The highest BCUT2D eigenvalue weighted by molar-refractivity contribution is 7.10. The topological polar surface area (TPSA) is 87.8 Å². The monoisotopic (exact) mass is 303 g/mol. The molecule has 21 heavy (non-hydrogen) atoms. The number of thiophene rings is 1. The molecule has 0 bridgehead atoms. The molecular formula is C14H13N3O3S. The van der Waals surface area contributed by atoms with Crippen LogP contribution in [0.3, 0.4) is 0 Å². The molecule has 0 aliphatic carbocycles. The van der Waals surface area contributed by atoms with Gasteiger partial charge >= 0.3 is 0 Å². The lowest BCUT2D eigenvalue weighted by molar-refractivity contribution is -0.385. The lowest BCUT2D eigenvalue weighted by Gasteiger charge is -2.27. The van der Waals surface area contributed by atoms with Gasteiger partial charge in [0, 0.05) is 12.6 Å². The molecule has 0 fully saturated rings. The van der Waals surface area contributed by atoms with Crippen molar-refractivity contribution in [1.82, 2.24) is 5.32 Å². The average molecular weight is 303 g/mol. The number of hydrogen-bond donors (Lipinski definition) is 2. The summed E-state index contributed by atoms with van der Waals surface area (Å²) in [5.41, 5.74) is -1.15. The second kappa shape index (κ2) is 5.27. The molecule has 0 saturated heterocycles. The second-order valence-electron chi connectivity index (χ2n) is 4.63. The van der Waals surface area contributed by atoms with Gasteiger partial charge in [0.05, 0.1) is 11.5 Å². The van der Waals surface area contributed by atoms with Crippen molar-refractivity contribution in [2.24, 2.45) is 4.99 Å². The normalized spacial score (nSPS) is 16.9. The summed E-state index contributed by atoms with van der Waals surface area (Å²) < 4.78 is 0. The first kappa shape index (κ1) is 13.7. The lowest BCUT2D eigenvalue weighted by Crippen LogP contribution is -2.43. The van der Waals surface area contributed by atoms with Crippen LogP contribution in [-0.4, -0.2) is 29.0 Å². The zero-order valence-electron chi connectivity index (χ0n) is 11.0. The number of nitrogens with zero attached hydrogens (tertiary/aromatic N) is 2. The minimum atomic E-state index is -1.62. The van der Waals surface area contributed by atoms with Crippen molar-refractivity contribution < 1.29 is 10.0 Å². The van der Waals surface area contributed by atoms with E-state index in [0.29, 0.717) is 24.5 Å². The number of nitrogens with one attached hydrogen (secondary N) is 1. The number of aliphatic imine (C=N–C) groups is 1. The van der Waals surface area contributed by atoms with Crippen LogP contribution in [-0.2, 0) is 5.60 Å². The molecule has 1 atom stereocenters. The van der Waals surface area contributed by atoms with Gasteiger partial charge in [0.15, 0.2) is 5.60 Å². The Bertz CT molecular complexity index is 698. The Hall–Kier alpha value is -2.25. The molecule has 108 valence electrons. The highest BCUT2D eigenvalue weighted by atomic mass is 32.1. The van der Waals surface area contributed by atoms with Crippen molar-refractivity contribution in [1.29, 1.82) is 0 Å². The molecule has 0 radical (unpaired) electrons. The standard InChI is InChI=1S/C14H13N3O3S/c18-14(13-15-7-8-16-13,10-4-2-1-3-5-10)12-11(17(19)20)6-9-21-12/h1-6,9,18H,7-8H2,(H,15,16). The Labute approximate surface area is 124 Å². The Morgan fingerprint density at radius 3 is 2.71 bits per heavy atom. The van der Waals surface area contributed by atoms with Crippen molar-refractivity contribution in [2.45, 2.75) is 5.60 Å². The molecule has 7 heteroatoms. The van der Waals surface area contributed by atoms with Gasteiger partial charge in [-0.05, 0) is 10.9 Å². The van der Waals surface area contributed by atoms with Gasteiger partial charge < -0.3 is 10.4 Å². The third kappa shape index (κ3) is 2.20. The van der Waals surface area contributed by atoms with E-state index in [-0.39, 0.29) is 10.6 Å². The van der Waals surface area contributed by atoms with E-state index < -0.39 is 10.5 Å². The van der Waals surface area contributed by atoms with E-state index in [1.165, 1.54) is 6.07 Å². The summed E-state index contributed by atoms with van der Waals surface area (Å²) in [7, 11) is 0. The maximum absolute atomic E-state index is 11.3. The largest absolute Gasteiger partial charge is 0.372 e. The highest BCUT2D eigenvalue weighted by Gasteiger charge is 2.44. The summed E-state index contributed by atoms with van der Waals surface area (Å²) in [5.74, 6) is 0.360. The third-order valence-electron chi connectivity index (χ3n) is 3.38. The van der Waals surface area contributed by atoms with Gasteiger partial charge in [0.2, 0.25) is 0 Å². The van der Waals surface area contributed by atoms with Gasteiger partial charge in [-0.15, -0.1) is 11.3 Å². The number of aliphatic hydroxyl groups is 1. The number of benzene rings is 1. The Balaban J connectivity index is 2.22. The molecule has 1 aliphatic rings. The molecule has 3 rings (SSSR count). The first-order chi connectivity index (χ1) is 10.1. The van der Waals surface area contributed by atoms with Gasteiger partial charge in [0.1, 0.15) is 10.7 Å². The molecule has 1 aliphatic heterocycles. The van der Waals surface area contributed by atoms with Crippen LogP contribution in [0.15, 0.2) is 46.8 Å². The maximum Gasteiger partial charge on any atom is 0.287 e. The van der Waals surface area contributed by atoms with Crippen LogP contribution < -0.4 is 5.32 Å². The van der Waals surface area contributed by atoms with E-state index in [1.807, 2.05) is 6.07 Å². The summed E-state index contributed by atoms with van der Waals surface area (Å²) in [6, 6.07) is 10.3. The predicted molar refractivity (Wildman–Crippen MR) is 80.7 cm³/mol. The van der Waals surface area contributed by atoms with Crippen molar-refractivity contribution in [2.75, 3.05) is 13.1 Å². The SMILES string of the molecule is O=[N+]([O-])c1ccsc1C(O)(C1=NCCN1)c1ccccc1. The first-order valence-electron chi connectivity index (χ1n) is 6.43. The molecule has 1 unspecified atom stereocenters. The molecule has 2 aromatic rings. The van der Waals surface area contributed by atoms with Crippen LogP contribution >= 0.6 is 11.3 Å². The van der Waals surface area contributed by atoms with Crippen molar-refractivity contribution in [3.05, 3.63) is 62.3 Å². The fraction of sp³-hybridized carbons (Fsp3) is 0.214. The molecule has 2 N–H and O–H groups in total. The lowest BCUT2D eigenvalue weighted by atomic mass is 9.90. The van der Waals surface area contributed by atoms with Gasteiger partial charge in [-0.1, -0.05) is 30.3 Å². The number of amidine groups is 1. The summed E-state index contributed by atoms with van der Waals surface area (Å²) in [4.78, 5) is 15.3. The van der Waals surface area contributed by atoms with E-state index in [0.717, 1.165) is 11.3 Å². The van der Waals surface area contributed by atoms with Gasteiger partial charge in [0.25, 0.3) is 5.69 Å². The molecule has 1 aromatic heterocycles. The van der Waals surface area contributed by atoms with Crippen LogP contribution in [0, 0.1) is 10.1 Å². The van der Waals surface area contributed by atoms with Crippen LogP contribution in [0.5, 0.6) is 0 Å². The quantitative estimate of drug-likeness (QED) is 0.667. The maximum atomic E-state index is 11.3. The summed E-state index contributed by atoms with van der Waals surface area (Å²) in [6.07, 6.45) is 0. The molecule has 0 amide bonds. The molecule has 6 nitrogen and oxygen atoms in total. The fourth-order valence-corrected chi connectivity index (χ4v) is 3.39. The van der Waals surface area contributed by atoms with Crippen molar-refractivity contribution in [3.8, 4) is 0 Å². The third-order valence-corrected chi connectivity index (χ3v) is 4.39. The number of hydrogen-bond acceptors (Lipinski definition) is 6. The first-order valence-corrected chi connectivity index (χ1v) is 7.31. The average Bonchev–Trinajstić information content (AvgIpc) is 3.19. The molecule has 0 spiro atoms.